The largest absolute Gasteiger partial charge is 0.348 e. The molecule has 1 fully saturated rings. The van der Waals surface area contributed by atoms with E-state index in [0.717, 1.165) is 30.5 Å². The van der Waals surface area contributed by atoms with E-state index in [1.807, 2.05) is 0 Å². The maximum Gasteiger partial charge on any atom is 0.272 e. The van der Waals surface area contributed by atoms with Crippen LogP contribution in [0, 0.1) is 5.92 Å². The number of carbonyl (C=O) groups is 1. The van der Waals surface area contributed by atoms with E-state index in [2.05, 4.69) is 21.0 Å². The fourth-order valence-corrected chi connectivity index (χ4v) is 2.27. The molecule has 4 nitrogen and oxygen atoms in total. The minimum atomic E-state index is -0.0853. The SMILES string of the molecule is CC1CCC(NC(=O)c2cnsn2)C1. The number of hydrogen-bond donors (Lipinski definition) is 1. The van der Waals surface area contributed by atoms with Gasteiger partial charge in [-0.2, -0.15) is 8.75 Å². The third-order valence-electron chi connectivity index (χ3n) is 2.62. The topological polar surface area (TPSA) is 54.9 Å². The van der Waals surface area contributed by atoms with E-state index in [9.17, 15) is 4.79 Å². The van der Waals surface area contributed by atoms with Crippen molar-refractivity contribution in [1.29, 1.82) is 0 Å². The monoisotopic (exact) mass is 211 g/mol. The molecule has 1 saturated carbocycles. The third kappa shape index (κ3) is 2.09. The van der Waals surface area contributed by atoms with E-state index < -0.39 is 0 Å². The van der Waals surface area contributed by atoms with Gasteiger partial charge in [-0.3, -0.25) is 4.79 Å². The quantitative estimate of drug-likeness (QED) is 0.805. The molecule has 76 valence electrons. The van der Waals surface area contributed by atoms with Gasteiger partial charge in [0.1, 0.15) is 0 Å². The fourth-order valence-electron chi connectivity index (χ4n) is 1.86. The summed E-state index contributed by atoms with van der Waals surface area (Å²) >= 11 is 1.07. The van der Waals surface area contributed by atoms with Gasteiger partial charge >= 0.3 is 0 Å². The molecular formula is C9H13N3OS. The van der Waals surface area contributed by atoms with Crippen LogP contribution in [0.3, 0.4) is 0 Å². The third-order valence-corrected chi connectivity index (χ3v) is 3.10. The van der Waals surface area contributed by atoms with Gasteiger partial charge in [0, 0.05) is 6.04 Å². The van der Waals surface area contributed by atoms with Gasteiger partial charge < -0.3 is 5.32 Å². The molecule has 1 aromatic heterocycles. The summed E-state index contributed by atoms with van der Waals surface area (Å²) in [5, 5.41) is 2.98. The van der Waals surface area contributed by atoms with Gasteiger partial charge in [-0.05, 0) is 25.2 Å². The van der Waals surface area contributed by atoms with Crippen molar-refractivity contribution in [2.24, 2.45) is 5.92 Å². The predicted octanol–water partition coefficient (Wildman–Crippen LogP) is 1.46. The summed E-state index contributed by atoms with van der Waals surface area (Å²) in [7, 11) is 0. The molecular weight excluding hydrogens is 198 g/mol. The van der Waals surface area contributed by atoms with Crippen LogP contribution in [0.4, 0.5) is 0 Å². The Bertz CT molecular complexity index is 312. The van der Waals surface area contributed by atoms with Crippen LogP contribution in [-0.4, -0.2) is 20.7 Å². The second kappa shape index (κ2) is 4.04. The molecule has 0 aromatic carbocycles. The molecule has 14 heavy (non-hydrogen) atoms. The summed E-state index contributed by atoms with van der Waals surface area (Å²) < 4.78 is 7.70. The van der Waals surface area contributed by atoms with Gasteiger partial charge in [0.15, 0.2) is 5.69 Å². The first kappa shape index (κ1) is 9.58. The van der Waals surface area contributed by atoms with Crippen LogP contribution in [0.15, 0.2) is 6.20 Å². The van der Waals surface area contributed by atoms with Crippen molar-refractivity contribution < 1.29 is 4.79 Å². The van der Waals surface area contributed by atoms with E-state index in [1.54, 1.807) is 0 Å². The second-order valence-corrected chi connectivity index (χ2v) is 4.44. The van der Waals surface area contributed by atoms with Crippen LogP contribution in [0.2, 0.25) is 0 Å². The molecule has 2 unspecified atom stereocenters. The molecule has 0 radical (unpaired) electrons. The number of nitrogens with zero attached hydrogens (tertiary/aromatic N) is 2. The zero-order valence-electron chi connectivity index (χ0n) is 8.06. The summed E-state index contributed by atoms with van der Waals surface area (Å²) in [6.45, 7) is 2.22. The Kier molecular flexibility index (Phi) is 2.77. The fraction of sp³-hybridized carbons (Fsp3) is 0.667. The lowest BCUT2D eigenvalue weighted by Gasteiger charge is -2.10. The minimum absolute atomic E-state index is 0.0853. The highest BCUT2D eigenvalue weighted by Gasteiger charge is 2.23. The maximum atomic E-state index is 11.6. The summed E-state index contributed by atoms with van der Waals surface area (Å²) in [6, 6.07) is 0.333. The van der Waals surface area contributed by atoms with Crippen molar-refractivity contribution >= 4 is 17.6 Å². The number of nitrogens with one attached hydrogen (secondary N) is 1. The lowest BCUT2D eigenvalue weighted by Crippen LogP contribution is -2.33. The molecule has 1 N–H and O–H groups in total. The molecule has 5 heteroatoms. The van der Waals surface area contributed by atoms with E-state index in [1.165, 1.54) is 12.6 Å². The molecule has 0 aliphatic heterocycles. The molecule has 1 aliphatic rings. The molecule has 0 bridgehead atoms. The zero-order chi connectivity index (χ0) is 9.97. The van der Waals surface area contributed by atoms with Gasteiger partial charge in [-0.1, -0.05) is 6.92 Å². The van der Waals surface area contributed by atoms with E-state index >= 15 is 0 Å². The first-order chi connectivity index (χ1) is 6.75. The Morgan fingerprint density at radius 2 is 2.50 bits per heavy atom. The summed E-state index contributed by atoms with van der Waals surface area (Å²) in [6.07, 6.45) is 4.90. The summed E-state index contributed by atoms with van der Waals surface area (Å²) in [5.74, 6) is 0.645. The molecule has 0 spiro atoms. The van der Waals surface area contributed by atoms with Gasteiger partial charge in [-0.25, -0.2) is 0 Å². The van der Waals surface area contributed by atoms with Crippen LogP contribution < -0.4 is 5.32 Å². The van der Waals surface area contributed by atoms with Crippen molar-refractivity contribution in [3.63, 3.8) is 0 Å². The highest BCUT2D eigenvalue weighted by atomic mass is 32.1. The molecule has 0 saturated heterocycles. The van der Waals surface area contributed by atoms with Crippen LogP contribution >= 0.6 is 11.7 Å². The molecule has 1 aliphatic carbocycles. The van der Waals surface area contributed by atoms with Crippen molar-refractivity contribution in [1.82, 2.24) is 14.1 Å². The lowest BCUT2D eigenvalue weighted by molar-refractivity contribution is 0.0933. The number of carbonyl (C=O) groups excluding carboxylic acids is 1. The molecule has 2 atom stereocenters. The number of hydrogen-bond acceptors (Lipinski definition) is 4. The summed E-state index contributed by atoms with van der Waals surface area (Å²) in [5.41, 5.74) is 0.439. The highest BCUT2D eigenvalue weighted by molar-refractivity contribution is 6.99. The van der Waals surface area contributed by atoms with Crippen LogP contribution in [0.5, 0.6) is 0 Å². The van der Waals surface area contributed by atoms with Crippen LogP contribution in [0.25, 0.3) is 0 Å². The average Bonchev–Trinajstić information content (AvgIpc) is 2.75. The Balaban J connectivity index is 1.89. The average molecular weight is 211 g/mol. The smallest absolute Gasteiger partial charge is 0.272 e. The first-order valence-corrected chi connectivity index (χ1v) is 5.57. The standard InChI is InChI=1S/C9H13N3OS/c1-6-2-3-7(4-6)11-9(13)8-5-10-14-12-8/h5-7H,2-4H2,1H3,(H,11,13). The number of amides is 1. The number of rotatable bonds is 2. The van der Waals surface area contributed by atoms with Crippen molar-refractivity contribution in [3.05, 3.63) is 11.9 Å². The normalized spacial score (nSPS) is 26.4. The second-order valence-electron chi connectivity index (χ2n) is 3.88. The molecule has 1 heterocycles. The van der Waals surface area contributed by atoms with Gasteiger partial charge in [0.2, 0.25) is 0 Å². The van der Waals surface area contributed by atoms with Gasteiger partial charge in [0.25, 0.3) is 5.91 Å². The Morgan fingerprint density at radius 3 is 3.07 bits per heavy atom. The molecule has 1 amide bonds. The Labute approximate surface area is 87.1 Å². The van der Waals surface area contributed by atoms with Crippen molar-refractivity contribution in [2.75, 3.05) is 0 Å². The van der Waals surface area contributed by atoms with E-state index in [4.69, 9.17) is 0 Å². The van der Waals surface area contributed by atoms with Crippen molar-refractivity contribution in [2.45, 2.75) is 32.2 Å². The van der Waals surface area contributed by atoms with Gasteiger partial charge in [-0.15, -0.1) is 0 Å². The minimum Gasteiger partial charge on any atom is -0.348 e. The van der Waals surface area contributed by atoms with Crippen LogP contribution in [0.1, 0.15) is 36.7 Å². The van der Waals surface area contributed by atoms with Crippen molar-refractivity contribution in [3.8, 4) is 0 Å². The Morgan fingerprint density at radius 1 is 1.64 bits per heavy atom. The maximum absolute atomic E-state index is 11.6. The molecule has 2 rings (SSSR count). The van der Waals surface area contributed by atoms with E-state index in [-0.39, 0.29) is 5.91 Å². The lowest BCUT2D eigenvalue weighted by atomic mass is 10.1. The Hall–Kier alpha value is -0.970. The highest BCUT2D eigenvalue weighted by Crippen LogP contribution is 2.24. The summed E-state index contributed by atoms with van der Waals surface area (Å²) in [4.78, 5) is 11.6. The van der Waals surface area contributed by atoms with Gasteiger partial charge in [0.05, 0.1) is 17.9 Å². The number of aromatic nitrogens is 2. The van der Waals surface area contributed by atoms with E-state index in [0.29, 0.717) is 11.7 Å². The first-order valence-electron chi connectivity index (χ1n) is 4.84. The predicted molar refractivity (Wildman–Crippen MR) is 54.2 cm³/mol. The molecule has 1 aromatic rings. The van der Waals surface area contributed by atoms with Crippen LogP contribution in [-0.2, 0) is 0 Å². The zero-order valence-corrected chi connectivity index (χ0v) is 8.88.